The van der Waals surface area contributed by atoms with E-state index >= 15 is 0 Å². The molecule has 21 heavy (non-hydrogen) atoms. The van der Waals surface area contributed by atoms with E-state index in [4.69, 9.17) is 16.7 Å². The highest BCUT2D eigenvalue weighted by Gasteiger charge is 2.18. The van der Waals surface area contributed by atoms with Gasteiger partial charge >= 0.3 is 0 Å². The first-order chi connectivity index (χ1) is 10.2. The summed E-state index contributed by atoms with van der Waals surface area (Å²) in [5, 5.41) is 13.5. The molecule has 4 nitrogen and oxygen atoms in total. The molecule has 0 unspecified atom stereocenters. The van der Waals surface area contributed by atoms with E-state index in [9.17, 15) is 0 Å². The monoisotopic (exact) mass is 294 g/mol. The average Bonchev–Trinajstić information content (AvgIpc) is 2.49. The molecule has 0 saturated carbocycles. The van der Waals surface area contributed by atoms with Crippen LogP contribution in [0.2, 0.25) is 0 Å². The van der Waals surface area contributed by atoms with Gasteiger partial charge in [-0.3, -0.25) is 0 Å². The quantitative estimate of drug-likeness (QED) is 0.739. The van der Waals surface area contributed by atoms with Crippen molar-refractivity contribution in [2.24, 2.45) is 0 Å². The Labute approximate surface area is 127 Å². The highest BCUT2D eigenvalue weighted by molar-refractivity contribution is 8.02. The molecule has 0 aromatic heterocycles. The van der Waals surface area contributed by atoms with Crippen molar-refractivity contribution in [3.63, 3.8) is 0 Å². The van der Waals surface area contributed by atoms with Crippen LogP contribution in [0.3, 0.4) is 0 Å². The number of thioether (sulfide) groups is 1. The molecule has 0 fully saturated rings. The van der Waals surface area contributed by atoms with Crippen LogP contribution >= 0.6 is 11.8 Å². The third kappa shape index (κ3) is 2.54. The Morgan fingerprint density at radius 2 is 1.95 bits per heavy atom. The third-order valence-electron chi connectivity index (χ3n) is 3.34. The number of nitriles is 1. The van der Waals surface area contributed by atoms with Crippen LogP contribution in [0.4, 0.5) is 17.1 Å². The van der Waals surface area contributed by atoms with E-state index in [1.165, 1.54) is 0 Å². The Balaban J connectivity index is 1.99. The van der Waals surface area contributed by atoms with E-state index in [-0.39, 0.29) is 0 Å². The molecular weight excluding hydrogens is 280 g/mol. The number of nitrogens with two attached hydrogens (primary N) is 2. The lowest BCUT2D eigenvalue weighted by Gasteiger charge is -2.20. The summed E-state index contributed by atoms with van der Waals surface area (Å²) in [5.41, 5.74) is 16.2. The summed E-state index contributed by atoms with van der Waals surface area (Å²) in [4.78, 5) is 0. The summed E-state index contributed by atoms with van der Waals surface area (Å²) in [6.45, 7) is 0. The van der Waals surface area contributed by atoms with Crippen LogP contribution in [-0.2, 0) is 5.75 Å². The molecule has 1 aliphatic heterocycles. The molecular formula is C16H14N4S. The number of rotatable bonds is 2. The van der Waals surface area contributed by atoms with Gasteiger partial charge in [0.05, 0.1) is 22.0 Å². The minimum absolute atomic E-state index is 0.357. The molecule has 0 saturated heterocycles. The van der Waals surface area contributed by atoms with Crippen molar-refractivity contribution >= 4 is 34.9 Å². The van der Waals surface area contributed by atoms with Gasteiger partial charge < -0.3 is 16.8 Å². The molecule has 1 aliphatic rings. The molecule has 0 atom stereocenters. The lowest BCUT2D eigenvalue weighted by Crippen LogP contribution is -2.08. The summed E-state index contributed by atoms with van der Waals surface area (Å²) >= 11 is 1.69. The summed E-state index contributed by atoms with van der Waals surface area (Å²) in [6, 6.07) is 13.9. The fourth-order valence-electron chi connectivity index (χ4n) is 2.28. The second-order valence-corrected chi connectivity index (χ2v) is 5.74. The van der Waals surface area contributed by atoms with Crippen molar-refractivity contribution in [1.82, 2.24) is 0 Å². The van der Waals surface area contributed by atoms with Gasteiger partial charge in [0.25, 0.3) is 0 Å². The van der Waals surface area contributed by atoms with Gasteiger partial charge in [-0.05, 0) is 29.8 Å². The molecule has 5 heteroatoms. The molecule has 0 aliphatic carbocycles. The minimum atomic E-state index is 0.357. The van der Waals surface area contributed by atoms with Gasteiger partial charge in [0.15, 0.2) is 0 Å². The van der Waals surface area contributed by atoms with Crippen LogP contribution in [0.5, 0.6) is 0 Å². The van der Waals surface area contributed by atoms with E-state index in [0.717, 1.165) is 27.6 Å². The molecule has 0 radical (unpaired) electrons. The van der Waals surface area contributed by atoms with Gasteiger partial charge in [-0.1, -0.05) is 18.2 Å². The summed E-state index contributed by atoms with van der Waals surface area (Å²) in [7, 11) is 0. The minimum Gasteiger partial charge on any atom is -0.398 e. The molecule has 2 aromatic rings. The van der Waals surface area contributed by atoms with E-state index in [1.807, 2.05) is 42.5 Å². The van der Waals surface area contributed by atoms with Gasteiger partial charge in [0, 0.05) is 17.0 Å². The number of fused-ring (bicyclic) bond motifs is 1. The SMILES string of the molecule is N#Cc1c(N)cc2c(c1N)C=C(Nc1ccccc1)SC2. The third-order valence-corrected chi connectivity index (χ3v) is 4.32. The second-order valence-electron chi connectivity index (χ2n) is 4.73. The lowest BCUT2D eigenvalue weighted by atomic mass is 10.00. The molecule has 2 aromatic carbocycles. The topological polar surface area (TPSA) is 87.9 Å². The van der Waals surface area contributed by atoms with Crippen molar-refractivity contribution in [2.45, 2.75) is 5.75 Å². The van der Waals surface area contributed by atoms with Gasteiger partial charge in [0.2, 0.25) is 0 Å². The Bertz CT molecular complexity index is 760. The Morgan fingerprint density at radius 3 is 2.67 bits per heavy atom. The number of hydrogen-bond donors (Lipinski definition) is 3. The van der Waals surface area contributed by atoms with E-state index in [0.29, 0.717) is 16.9 Å². The van der Waals surface area contributed by atoms with Crippen molar-refractivity contribution in [3.05, 3.63) is 58.1 Å². The lowest BCUT2D eigenvalue weighted by molar-refractivity contribution is 1.36. The highest BCUT2D eigenvalue weighted by Crippen LogP contribution is 2.38. The molecule has 0 bridgehead atoms. The van der Waals surface area contributed by atoms with Crippen LogP contribution < -0.4 is 16.8 Å². The first kappa shape index (κ1) is 13.4. The van der Waals surface area contributed by atoms with Gasteiger partial charge in [-0.2, -0.15) is 5.26 Å². The van der Waals surface area contributed by atoms with Crippen LogP contribution in [-0.4, -0.2) is 0 Å². The standard InChI is InChI=1S/C16H14N4S/c17-8-13-14(18)6-10-9-21-15(7-12(10)16(13)19)20-11-4-2-1-3-5-11/h1-7,20H,9,18-19H2. The second kappa shape index (κ2) is 5.43. The van der Waals surface area contributed by atoms with E-state index < -0.39 is 0 Å². The van der Waals surface area contributed by atoms with Crippen molar-refractivity contribution < 1.29 is 0 Å². The molecule has 0 amide bonds. The van der Waals surface area contributed by atoms with Crippen LogP contribution in [0.1, 0.15) is 16.7 Å². The summed E-state index contributed by atoms with van der Waals surface area (Å²) in [5.74, 6) is 0.779. The Kier molecular flexibility index (Phi) is 3.46. The molecule has 104 valence electrons. The van der Waals surface area contributed by atoms with Crippen molar-refractivity contribution in [2.75, 3.05) is 16.8 Å². The van der Waals surface area contributed by atoms with Crippen LogP contribution in [0, 0.1) is 11.3 Å². The zero-order valence-electron chi connectivity index (χ0n) is 11.3. The van der Waals surface area contributed by atoms with Crippen LogP contribution in [0.25, 0.3) is 6.08 Å². The van der Waals surface area contributed by atoms with Gasteiger partial charge in [-0.25, -0.2) is 0 Å². The number of nitrogens with zero attached hydrogens (tertiary/aromatic N) is 1. The van der Waals surface area contributed by atoms with E-state index in [1.54, 1.807) is 11.8 Å². The van der Waals surface area contributed by atoms with Crippen molar-refractivity contribution in [3.8, 4) is 6.07 Å². The Hall–Kier alpha value is -2.58. The van der Waals surface area contributed by atoms with E-state index in [2.05, 4.69) is 11.4 Å². The first-order valence-corrected chi connectivity index (χ1v) is 7.45. The number of nitrogens with one attached hydrogen (secondary N) is 1. The summed E-state index contributed by atoms with van der Waals surface area (Å²) < 4.78 is 0. The molecule has 5 N–H and O–H groups in total. The molecule has 0 spiro atoms. The molecule has 3 rings (SSSR count). The maximum atomic E-state index is 9.15. The fourth-order valence-corrected chi connectivity index (χ4v) is 3.22. The van der Waals surface area contributed by atoms with Crippen LogP contribution in [0.15, 0.2) is 41.4 Å². The normalized spacial score (nSPS) is 13.0. The number of nitrogen functional groups attached to an aromatic ring is 2. The smallest absolute Gasteiger partial charge is 0.104 e. The number of benzene rings is 2. The number of anilines is 3. The maximum Gasteiger partial charge on any atom is 0.104 e. The fraction of sp³-hybridized carbons (Fsp3) is 0.0625. The van der Waals surface area contributed by atoms with Gasteiger partial charge in [0.1, 0.15) is 6.07 Å². The van der Waals surface area contributed by atoms with Gasteiger partial charge in [-0.15, -0.1) is 11.8 Å². The zero-order chi connectivity index (χ0) is 14.8. The largest absolute Gasteiger partial charge is 0.398 e. The predicted octanol–water partition coefficient (Wildman–Crippen LogP) is 3.38. The maximum absolute atomic E-state index is 9.15. The number of para-hydroxylation sites is 1. The molecule has 1 heterocycles. The summed E-state index contributed by atoms with van der Waals surface area (Å²) in [6.07, 6.45) is 1.98. The zero-order valence-corrected chi connectivity index (χ0v) is 12.1. The highest BCUT2D eigenvalue weighted by atomic mass is 32.2. The number of hydrogen-bond acceptors (Lipinski definition) is 5. The Morgan fingerprint density at radius 1 is 1.19 bits per heavy atom. The first-order valence-electron chi connectivity index (χ1n) is 6.46. The average molecular weight is 294 g/mol. The predicted molar refractivity (Wildman–Crippen MR) is 89.3 cm³/mol. The van der Waals surface area contributed by atoms with Crippen molar-refractivity contribution in [1.29, 1.82) is 5.26 Å².